The van der Waals surface area contributed by atoms with Crippen LogP contribution >= 0.6 is 0 Å². The van der Waals surface area contributed by atoms with E-state index in [1.807, 2.05) is 19.1 Å². The summed E-state index contributed by atoms with van der Waals surface area (Å²) in [7, 11) is 0. The number of aromatic hydroxyl groups is 1. The van der Waals surface area contributed by atoms with Crippen molar-refractivity contribution in [3.05, 3.63) is 29.3 Å². The fourth-order valence-electron chi connectivity index (χ4n) is 2.49. The third kappa shape index (κ3) is 2.53. The molecule has 0 unspecified atom stereocenters. The molecule has 1 heteroatoms. The van der Waals surface area contributed by atoms with Crippen LogP contribution in [0.3, 0.4) is 0 Å². The smallest absolute Gasteiger partial charge is 0.118 e. The highest BCUT2D eigenvalue weighted by atomic mass is 16.3. The van der Waals surface area contributed by atoms with E-state index in [1.54, 1.807) is 0 Å². The van der Waals surface area contributed by atoms with Gasteiger partial charge in [-0.1, -0.05) is 37.8 Å². The van der Waals surface area contributed by atoms with Gasteiger partial charge in [0.2, 0.25) is 0 Å². The molecular formula is C14H20O. The molecule has 1 aromatic carbocycles. The summed E-state index contributed by atoms with van der Waals surface area (Å²) >= 11 is 0. The number of phenols is 1. The Bertz CT molecular complexity index is 322. The summed E-state index contributed by atoms with van der Waals surface area (Å²) in [5.41, 5.74) is 2.31. The molecule has 0 radical (unpaired) electrons. The molecule has 1 aliphatic rings. The Kier molecular flexibility index (Phi) is 3.30. The largest absolute Gasteiger partial charge is 0.508 e. The van der Waals surface area contributed by atoms with Crippen LogP contribution in [0.5, 0.6) is 5.75 Å². The minimum atomic E-state index is 0.455. The van der Waals surface area contributed by atoms with E-state index in [0.717, 1.165) is 5.56 Å². The maximum atomic E-state index is 9.70. The van der Waals surface area contributed by atoms with Crippen molar-refractivity contribution in [1.29, 1.82) is 0 Å². The lowest BCUT2D eigenvalue weighted by molar-refractivity contribution is 0.468. The standard InChI is InChI=1S/C14H20O/c1-11-8-9-13(10-14(11)15)12-6-4-2-3-5-7-12/h8-10,12,15H,2-7H2,1H3. The lowest BCUT2D eigenvalue weighted by Gasteiger charge is -2.15. The van der Waals surface area contributed by atoms with Gasteiger partial charge < -0.3 is 5.11 Å². The van der Waals surface area contributed by atoms with Gasteiger partial charge in [0, 0.05) is 0 Å². The maximum absolute atomic E-state index is 9.70. The van der Waals surface area contributed by atoms with Crippen LogP contribution in [0.15, 0.2) is 18.2 Å². The second-order valence-electron chi connectivity index (χ2n) is 4.73. The van der Waals surface area contributed by atoms with Crippen LogP contribution in [0.1, 0.15) is 55.6 Å². The van der Waals surface area contributed by atoms with E-state index in [4.69, 9.17) is 0 Å². The molecule has 82 valence electrons. The van der Waals surface area contributed by atoms with Gasteiger partial charge in [0.25, 0.3) is 0 Å². The lowest BCUT2D eigenvalue weighted by atomic mass is 9.91. The Morgan fingerprint density at radius 2 is 1.73 bits per heavy atom. The number of rotatable bonds is 1. The Hall–Kier alpha value is -0.980. The van der Waals surface area contributed by atoms with Gasteiger partial charge in [0.05, 0.1) is 0 Å². The van der Waals surface area contributed by atoms with E-state index >= 15 is 0 Å². The fourth-order valence-corrected chi connectivity index (χ4v) is 2.49. The molecule has 15 heavy (non-hydrogen) atoms. The van der Waals surface area contributed by atoms with Gasteiger partial charge in [-0.2, -0.15) is 0 Å². The first-order chi connectivity index (χ1) is 7.27. The van der Waals surface area contributed by atoms with Gasteiger partial charge in [0.1, 0.15) is 5.75 Å². The molecule has 1 fully saturated rings. The maximum Gasteiger partial charge on any atom is 0.118 e. The minimum Gasteiger partial charge on any atom is -0.508 e. The van der Waals surface area contributed by atoms with Crippen LogP contribution in [0.25, 0.3) is 0 Å². The van der Waals surface area contributed by atoms with Crippen molar-refractivity contribution in [2.75, 3.05) is 0 Å². The third-order valence-electron chi connectivity index (χ3n) is 3.56. The minimum absolute atomic E-state index is 0.455. The van der Waals surface area contributed by atoms with Crippen molar-refractivity contribution in [3.63, 3.8) is 0 Å². The molecule has 0 bridgehead atoms. The molecule has 0 aromatic heterocycles. The van der Waals surface area contributed by atoms with Gasteiger partial charge in [0.15, 0.2) is 0 Å². The zero-order valence-electron chi connectivity index (χ0n) is 9.50. The predicted octanol–water partition coefficient (Wildman–Crippen LogP) is 4.14. The molecule has 1 nitrogen and oxygen atoms in total. The van der Waals surface area contributed by atoms with Crippen molar-refractivity contribution in [2.24, 2.45) is 0 Å². The molecule has 0 heterocycles. The first kappa shape index (κ1) is 10.5. The molecular weight excluding hydrogens is 184 g/mol. The molecule has 0 amide bonds. The number of benzene rings is 1. The molecule has 1 saturated carbocycles. The summed E-state index contributed by atoms with van der Waals surface area (Å²) in [5, 5.41) is 9.70. The van der Waals surface area contributed by atoms with E-state index in [1.165, 1.54) is 44.1 Å². The van der Waals surface area contributed by atoms with E-state index in [0.29, 0.717) is 11.7 Å². The SMILES string of the molecule is Cc1ccc(C2CCCCCC2)cc1O. The zero-order chi connectivity index (χ0) is 10.7. The van der Waals surface area contributed by atoms with Crippen LogP contribution in [-0.2, 0) is 0 Å². The van der Waals surface area contributed by atoms with Gasteiger partial charge in [-0.3, -0.25) is 0 Å². The lowest BCUT2D eigenvalue weighted by Crippen LogP contribution is -1.97. The van der Waals surface area contributed by atoms with Gasteiger partial charge in [-0.15, -0.1) is 0 Å². The average molecular weight is 204 g/mol. The highest BCUT2D eigenvalue weighted by molar-refractivity contribution is 5.36. The van der Waals surface area contributed by atoms with Crippen LogP contribution in [0.4, 0.5) is 0 Å². The topological polar surface area (TPSA) is 20.2 Å². The number of hydrogen-bond donors (Lipinski definition) is 1. The fraction of sp³-hybridized carbons (Fsp3) is 0.571. The van der Waals surface area contributed by atoms with Crippen LogP contribution in [0.2, 0.25) is 0 Å². The quantitative estimate of drug-likeness (QED) is 0.682. The molecule has 0 spiro atoms. The zero-order valence-corrected chi connectivity index (χ0v) is 9.50. The van der Waals surface area contributed by atoms with Crippen molar-refractivity contribution in [3.8, 4) is 5.75 Å². The molecule has 1 aliphatic carbocycles. The monoisotopic (exact) mass is 204 g/mol. The van der Waals surface area contributed by atoms with Gasteiger partial charge in [-0.25, -0.2) is 0 Å². The summed E-state index contributed by atoms with van der Waals surface area (Å²) in [6.07, 6.45) is 8.05. The highest BCUT2D eigenvalue weighted by Crippen LogP contribution is 2.33. The van der Waals surface area contributed by atoms with Crippen molar-refractivity contribution in [1.82, 2.24) is 0 Å². The predicted molar refractivity (Wildman–Crippen MR) is 63.3 cm³/mol. The Balaban J connectivity index is 2.16. The number of hydrogen-bond acceptors (Lipinski definition) is 1. The second-order valence-corrected chi connectivity index (χ2v) is 4.73. The molecule has 0 aliphatic heterocycles. The molecule has 0 saturated heterocycles. The normalized spacial score (nSPS) is 18.7. The third-order valence-corrected chi connectivity index (χ3v) is 3.56. The molecule has 0 atom stereocenters. The van der Waals surface area contributed by atoms with Crippen molar-refractivity contribution < 1.29 is 5.11 Å². The van der Waals surface area contributed by atoms with E-state index in [9.17, 15) is 5.11 Å². The van der Waals surface area contributed by atoms with Crippen LogP contribution < -0.4 is 0 Å². The van der Waals surface area contributed by atoms with E-state index < -0.39 is 0 Å². The van der Waals surface area contributed by atoms with Gasteiger partial charge >= 0.3 is 0 Å². The summed E-state index contributed by atoms with van der Waals surface area (Å²) in [6.45, 7) is 1.95. The van der Waals surface area contributed by atoms with Crippen molar-refractivity contribution >= 4 is 0 Å². The number of phenolic OH excluding ortho intramolecular Hbond substituents is 1. The van der Waals surface area contributed by atoms with Crippen LogP contribution in [-0.4, -0.2) is 5.11 Å². The first-order valence-corrected chi connectivity index (χ1v) is 6.07. The molecule has 1 N–H and O–H groups in total. The Morgan fingerprint density at radius 1 is 1.07 bits per heavy atom. The molecule has 2 rings (SSSR count). The van der Waals surface area contributed by atoms with E-state index in [2.05, 4.69) is 6.07 Å². The number of aryl methyl sites for hydroxylation is 1. The Morgan fingerprint density at radius 3 is 2.33 bits per heavy atom. The average Bonchev–Trinajstić information content (AvgIpc) is 2.50. The summed E-state index contributed by atoms with van der Waals surface area (Å²) in [5.74, 6) is 1.13. The summed E-state index contributed by atoms with van der Waals surface area (Å²) in [6, 6.07) is 6.19. The molecule has 1 aromatic rings. The summed E-state index contributed by atoms with van der Waals surface area (Å²) < 4.78 is 0. The highest BCUT2D eigenvalue weighted by Gasteiger charge is 2.14. The van der Waals surface area contributed by atoms with Crippen LogP contribution in [0, 0.1) is 6.92 Å². The Labute approximate surface area is 92.1 Å². The second kappa shape index (κ2) is 4.69. The van der Waals surface area contributed by atoms with Gasteiger partial charge in [-0.05, 0) is 42.9 Å². The first-order valence-electron chi connectivity index (χ1n) is 6.07. The van der Waals surface area contributed by atoms with Crippen molar-refractivity contribution in [2.45, 2.75) is 51.4 Å². The summed E-state index contributed by atoms with van der Waals surface area (Å²) in [4.78, 5) is 0. The van der Waals surface area contributed by atoms with E-state index in [-0.39, 0.29) is 0 Å².